The SMILES string of the molecule is C=C(C)COC1CCC(=O)C(CN(C)C)C1. The van der Waals surface area contributed by atoms with Crippen molar-refractivity contribution in [2.75, 3.05) is 27.2 Å². The van der Waals surface area contributed by atoms with E-state index in [0.717, 1.165) is 25.0 Å². The van der Waals surface area contributed by atoms with Gasteiger partial charge < -0.3 is 9.64 Å². The van der Waals surface area contributed by atoms with E-state index in [0.29, 0.717) is 18.8 Å². The zero-order chi connectivity index (χ0) is 12.1. The fourth-order valence-corrected chi connectivity index (χ4v) is 2.10. The molecule has 0 aromatic carbocycles. The zero-order valence-corrected chi connectivity index (χ0v) is 10.7. The van der Waals surface area contributed by atoms with E-state index in [-0.39, 0.29) is 12.0 Å². The van der Waals surface area contributed by atoms with Gasteiger partial charge in [-0.15, -0.1) is 0 Å². The van der Waals surface area contributed by atoms with E-state index in [4.69, 9.17) is 4.74 Å². The van der Waals surface area contributed by atoms with Crippen molar-refractivity contribution in [2.45, 2.75) is 32.3 Å². The van der Waals surface area contributed by atoms with Crippen molar-refractivity contribution in [3.05, 3.63) is 12.2 Å². The fourth-order valence-electron chi connectivity index (χ4n) is 2.10. The van der Waals surface area contributed by atoms with E-state index < -0.39 is 0 Å². The molecule has 0 amide bonds. The molecule has 3 heteroatoms. The Labute approximate surface area is 98.5 Å². The molecular weight excluding hydrogens is 202 g/mol. The van der Waals surface area contributed by atoms with Gasteiger partial charge in [0.25, 0.3) is 0 Å². The quantitative estimate of drug-likeness (QED) is 0.669. The number of hydrogen-bond donors (Lipinski definition) is 0. The van der Waals surface area contributed by atoms with Crippen molar-refractivity contribution >= 4 is 5.78 Å². The van der Waals surface area contributed by atoms with Crippen molar-refractivity contribution in [2.24, 2.45) is 5.92 Å². The molecule has 16 heavy (non-hydrogen) atoms. The molecule has 0 N–H and O–H groups in total. The summed E-state index contributed by atoms with van der Waals surface area (Å²) in [5.41, 5.74) is 1.04. The number of ether oxygens (including phenoxy) is 1. The van der Waals surface area contributed by atoms with Gasteiger partial charge in [0.15, 0.2) is 0 Å². The molecule has 1 aliphatic carbocycles. The second kappa shape index (κ2) is 6.16. The van der Waals surface area contributed by atoms with Gasteiger partial charge >= 0.3 is 0 Å². The molecule has 0 aromatic heterocycles. The summed E-state index contributed by atoms with van der Waals surface area (Å²) in [5.74, 6) is 0.544. The third kappa shape index (κ3) is 4.45. The van der Waals surface area contributed by atoms with E-state index in [1.165, 1.54) is 0 Å². The molecule has 0 aliphatic heterocycles. The molecule has 1 rings (SSSR count). The monoisotopic (exact) mass is 225 g/mol. The minimum absolute atomic E-state index is 0.152. The van der Waals surface area contributed by atoms with E-state index in [1.54, 1.807) is 0 Å². The van der Waals surface area contributed by atoms with E-state index in [1.807, 2.05) is 21.0 Å². The summed E-state index contributed by atoms with van der Waals surface area (Å²) in [6.07, 6.45) is 2.64. The topological polar surface area (TPSA) is 29.5 Å². The van der Waals surface area contributed by atoms with Crippen molar-refractivity contribution < 1.29 is 9.53 Å². The van der Waals surface area contributed by atoms with Crippen LogP contribution in [0.1, 0.15) is 26.2 Å². The molecule has 1 saturated carbocycles. The molecule has 3 nitrogen and oxygen atoms in total. The Hall–Kier alpha value is -0.670. The van der Waals surface area contributed by atoms with Crippen LogP contribution in [0.5, 0.6) is 0 Å². The second-order valence-corrected chi connectivity index (χ2v) is 5.09. The average Bonchev–Trinajstić information content (AvgIpc) is 2.18. The highest BCUT2D eigenvalue weighted by Crippen LogP contribution is 2.24. The number of carbonyl (C=O) groups is 1. The first-order valence-electron chi connectivity index (χ1n) is 5.92. The molecule has 0 radical (unpaired) electrons. The Morgan fingerprint density at radius 1 is 1.56 bits per heavy atom. The van der Waals surface area contributed by atoms with Crippen molar-refractivity contribution in [1.29, 1.82) is 0 Å². The Kier molecular flexibility index (Phi) is 5.16. The van der Waals surface area contributed by atoms with Gasteiger partial charge in [0, 0.05) is 18.9 Å². The number of Topliss-reactive ketones (excluding diaryl/α,β-unsaturated/α-hetero) is 1. The van der Waals surface area contributed by atoms with Gasteiger partial charge in [0.05, 0.1) is 12.7 Å². The highest BCUT2D eigenvalue weighted by atomic mass is 16.5. The Morgan fingerprint density at radius 2 is 2.25 bits per heavy atom. The Bertz CT molecular complexity index is 261. The molecule has 0 aromatic rings. The summed E-state index contributed by atoms with van der Waals surface area (Å²) in [5, 5.41) is 0. The number of carbonyl (C=O) groups excluding carboxylic acids is 1. The van der Waals surface area contributed by atoms with Crippen LogP contribution in [0, 0.1) is 5.92 Å². The summed E-state index contributed by atoms with van der Waals surface area (Å²) in [4.78, 5) is 13.8. The van der Waals surface area contributed by atoms with Crippen LogP contribution in [0.3, 0.4) is 0 Å². The van der Waals surface area contributed by atoms with Crippen LogP contribution >= 0.6 is 0 Å². The van der Waals surface area contributed by atoms with Crippen LogP contribution in [0.25, 0.3) is 0 Å². The number of hydrogen-bond acceptors (Lipinski definition) is 3. The van der Waals surface area contributed by atoms with Crippen LogP contribution in [0.15, 0.2) is 12.2 Å². The number of rotatable bonds is 5. The van der Waals surface area contributed by atoms with E-state index in [9.17, 15) is 4.79 Å². The first-order chi connectivity index (χ1) is 7.49. The molecule has 1 aliphatic rings. The lowest BCUT2D eigenvalue weighted by Crippen LogP contribution is -2.36. The van der Waals surface area contributed by atoms with Crippen LogP contribution in [0.4, 0.5) is 0 Å². The van der Waals surface area contributed by atoms with Gasteiger partial charge in [-0.3, -0.25) is 4.79 Å². The highest BCUT2D eigenvalue weighted by molar-refractivity contribution is 5.82. The number of ketones is 1. The van der Waals surface area contributed by atoms with Crippen molar-refractivity contribution in [3.8, 4) is 0 Å². The van der Waals surface area contributed by atoms with Gasteiger partial charge in [-0.2, -0.15) is 0 Å². The standard InChI is InChI=1S/C13H23NO2/c1-10(2)9-16-12-5-6-13(15)11(7-12)8-14(3)4/h11-12H,1,5-9H2,2-4H3. The minimum atomic E-state index is 0.152. The van der Waals surface area contributed by atoms with E-state index >= 15 is 0 Å². The molecule has 2 atom stereocenters. The normalized spacial score (nSPS) is 26.1. The van der Waals surface area contributed by atoms with Gasteiger partial charge in [0.1, 0.15) is 5.78 Å². The summed E-state index contributed by atoms with van der Waals surface area (Å²) in [6, 6.07) is 0. The van der Waals surface area contributed by atoms with Gasteiger partial charge in [-0.1, -0.05) is 12.2 Å². The first-order valence-corrected chi connectivity index (χ1v) is 5.92. The lowest BCUT2D eigenvalue weighted by molar-refractivity contribution is -0.128. The smallest absolute Gasteiger partial charge is 0.137 e. The molecule has 0 spiro atoms. The van der Waals surface area contributed by atoms with Gasteiger partial charge in [-0.05, 0) is 33.9 Å². The largest absolute Gasteiger partial charge is 0.374 e. The highest BCUT2D eigenvalue weighted by Gasteiger charge is 2.29. The minimum Gasteiger partial charge on any atom is -0.374 e. The van der Waals surface area contributed by atoms with E-state index in [2.05, 4.69) is 11.5 Å². The van der Waals surface area contributed by atoms with Gasteiger partial charge in [-0.25, -0.2) is 0 Å². The molecule has 1 fully saturated rings. The van der Waals surface area contributed by atoms with Crippen LogP contribution < -0.4 is 0 Å². The van der Waals surface area contributed by atoms with Crippen LogP contribution in [-0.2, 0) is 9.53 Å². The first kappa shape index (κ1) is 13.4. The molecule has 0 heterocycles. The predicted octanol–water partition coefficient (Wildman–Crippen LogP) is 1.88. The van der Waals surface area contributed by atoms with Crippen molar-refractivity contribution in [1.82, 2.24) is 4.90 Å². The number of nitrogens with zero attached hydrogens (tertiary/aromatic N) is 1. The Morgan fingerprint density at radius 3 is 2.81 bits per heavy atom. The lowest BCUT2D eigenvalue weighted by Gasteiger charge is -2.29. The maximum absolute atomic E-state index is 11.7. The average molecular weight is 225 g/mol. The third-order valence-electron chi connectivity index (χ3n) is 2.87. The predicted molar refractivity (Wildman–Crippen MR) is 65.5 cm³/mol. The summed E-state index contributed by atoms with van der Waals surface area (Å²) in [6.45, 7) is 7.24. The molecule has 92 valence electrons. The molecule has 0 saturated heterocycles. The molecule has 0 bridgehead atoms. The van der Waals surface area contributed by atoms with Gasteiger partial charge in [0.2, 0.25) is 0 Å². The molecular formula is C13H23NO2. The maximum Gasteiger partial charge on any atom is 0.137 e. The summed E-state index contributed by atoms with van der Waals surface area (Å²) < 4.78 is 5.73. The summed E-state index contributed by atoms with van der Waals surface area (Å²) >= 11 is 0. The van der Waals surface area contributed by atoms with Crippen molar-refractivity contribution in [3.63, 3.8) is 0 Å². The third-order valence-corrected chi connectivity index (χ3v) is 2.87. The molecule has 2 unspecified atom stereocenters. The fraction of sp³-hybridized carbons (Fsp3) is 0.769. The lowest BCUT2D eigenvalue weighted by atomic mass is 9.85. The Balaban J connectivity index is 2.40. The van der Waals surface area contributed by atoms with Crippen LogP contribution in [0.2, 0.25) is 0 Å². The summed E-state index contributed by atoms with van der Waals surface area (Å²) in [7, 11) is 4.01. The second-order valence-electron chi connectivity index (χ2n) is 5.09. The van der Waals surface area contributed by atoms with Crippen LogP contribution in [-0.4, -0.2) is 44.0 Å². The zero-order valence-electron chi connectivity index (χ0n) is 10.7. The maximum atomic E-state index is 11.7.